The van der Waals surface area contributed by atoms with Crippen molar-refractivity contribution in [1.82, 2.24) is 4.57 Å². The number of nitrogens with one attached hydrogen (secondary N) is 1. The largest absolute Gasteiger partial charge is 0.416 e. The summed E-state index contributed by atoms with van der Waals surface area (Å²) in [4.78, 5) is 54.7. The number of alkyl halides is 6. The molecule has 0 bridgehead atoms. The molecule has 1 fully saturated rings. The predicted octanol–water partition coefficient (Wildman–Crippen LogP) is 6.44. The first-order valence-electron chi connectivity index (χ1n) is 12.7. The Labute approximate surface area is 256 Å². The lowest BCUT2D eigenvalue weighted by molar-refractivity contribution is -0.138. The van der Waals surface area contributed by atoms with Crippen molar-refractivity contribution in [3.8, 4) is 0 Å². The molecule has 0 unspecified atom stereocenters. The molecule has 2 aromatic carbocycles. The van der Waals surface area contributed by atoms with Gasteiger partial charge in [0.05, 0.1) is 27.8 Å². The normalized spacial score (nSPS) is 20.0. The highest BCUT2D eigenvalue weighted by atomic mass is 32.2. The maximum atomic E-state index is 13.8. The zero-order valence-electron chi connectivity index (χ0n) is 21.8. The Bertz CT molecular complexity index is 1850. The van der Waals surface area contributed by atoms with Crippen molar-refractivity contribution < 1.29 is 40.7 Å². The molecule has 3 atom stereocenters. The van der Waals surface area contributed by atoms with Gasteiger partial charge in [-0.3, -0.25) is 23.7 Å². The van der Waals surface area contributed by atoms with E-state index in [0.29, 0.717) is 9.75 Å². The molecular weight excluding hydrogens is 653 g/mol. The van der Waals surface area contributed by atoms with Crippen molar-refractivity contribution in [3.63, 3.8) is 0 Å². The number of aromatic nitrogens is 1. The van der Waals surface area contributed by atoms with Gasteiger partial charge in [-0.1, -0.05) is 41.3 Å². The molecule has 0 saturated carbocycles. The van der Waals surface area contributed by atoms with E-state index in [9.17, 15) is 45.5 Å². The average Bonchev–Trinajstić information content (AvgIpc) is 3.65. The van der Waals surface area contributed by atoms with E-state index < -0.39 is 69.7 Å². The summed E-state index contributed by atoms with van der Waals surface area (Å²) in [6, 6.07) is 11.3. The standard InChI is InChI=1S/C28H17F6N3O4S3/c29-27(30,31)13-4-1-6-15(10-13)35-18(38)12-36-25-22(44-26(36)41)19(17-8-3-9-42-17)20-21(43-25)24(40)37(23(20)39)16-7-2-5-14(11-16)28(32,33)34/h1-11,19-21H,12H2,(H,35,38)/t19-,20+,21-/m0/s1. The second-order valence-electron chi connectivity index (χ2n) is 9.87. The quantitative estimate of drug-likeness (QED) is 0.195. The number of hydrogen-bond donors (Lipinski definition) is 1. The van der Waals surface area contributed by atoms with Crippen molar-refractivity contribution in [1.29, 1.82) is 0 Å². The van der Waals surface area contributed by atoms with Crippen LogP contribution in [0.2, 0.25) is 0 Å². The molecule has 0 spiro atoms. The van der Waals surface area contributed by atoms with Crippen molar-refractivity contribution in [2.75, 3.05) is 10.2 Å². The Balaban J connectivity index is 1.35. The molecule has 2 aliphatic heterocycles. The summed E-state index contributed by atoms with van der Waals surface area (Å²) < 4.78 is 80.7. The number of nitrogens with zero attached hydrogens (tertiary/aromatic N) is 2. The van der Waals surface area contributed by atoms with Crippen LogP contribution in [-0.2, 0) is 33.3 Å². The van der Waals surface area contributed by atoms with Crippen LogP contribution >= 0.6 is 34.4 Å². The Kier molecular flexibility index (Phi) is 7.49. The summed E-state index contributed by atoms with van der Waals surface area (Å²) >= 11 is 2.90. The van der Waals surface area contributed by atoms with Crippen LogP contribution in [0, 0.1) is 5.92 Å². The maximum Gasteiger partial charge on any atom is 0.416 e. The topological polar surface area (TPSA) is 88.5 Å². The number of carbonyl (C=O) groups excluding carboxylic acids is 3. The number of anilines is 2. The highest BCUT2D eigenvalue weighted by Gasteiger charge is 2.57. The molecule has 2 aliphatic rings. The highest BCUT2D eigenvalue weighted by Crippen LogP contribution is 2.54. The Morgan fingerprint density at radius 1 is 0.864 bits per heavy atom. The second-order valence-corrected chi connectivity index (χ2v) is 13.0. The molecule has 44 heavy (non-hydrogen) atoms. The SMILES string of the molecule is O=C(Cn1c2c(sc1=O)[C@@H](c1cccs1)[C@H]1C(=O)N(c3cccc(C(F)(F)F)c3)C(=O)[C@H]1S2)Nc1cccc(C(F)(F)F)c1. The lowest BCUT2D eigenvalue weighted by Crippen LogP contribution is -2.32. The van der Waals surface area contributed by atoms with Gasteiger partial charge in [-0.2, -0.15) is 26.3 Å². The van der Waals surface area contributed by atoms with Crippen LogP contribution in [0.15, 0.2) is 75.9 Å². The Hall–Kier alpha value is -3.89. The van der Waals surface area contributed by atoms with Crippen LogP contribution in [0.4, 0.5) is 37.7 Å². The number of thiazole rings is 1. The average molecular weight is 670 g/mol. The van der Waals surface area contributed by atoms with Crippen LogP contribution < -0.4 is 15.1 Å². The fourth-order valence-corrected chi connectivity index (χ4v) is 8.94. The third-order valence-electron chi connectivity index (χ3n) is 7.11. The second kappa shape index (κ2) is 10.9. The lowest BCUT2D eigenvalue weighted by Gasteiger charge is -2.29. The zero-order chi connectivity index (χ0) is 31.6. The number of imide groups is 1. The van der Waals surface area contributed by atoms with Crippen LogP contribution in [0.5, 0.6) is 0 Å². The van der Waals surface area contributed by atoms with Gasteiger partial charge in [0, 0.05) is 21.4 Å². The first-order valence-corrected chi connectivity index (χ1v) is 15.3. The number of hydrogen-bond acceptors (Lipinski definition) is 7. The van der Waals surface area contributed by atoms with E-state index in [0.717, 1.165) is 69.0 Å². The summed E-state index contributed by atoms with van der Waals surface area (Å²) in [5, 5.41) is 3.19. The fourth-order valence-electron chi connectivity index (χ4n) is 5.22. The van der Waals surface area contributed by atoms with Crippen molar-refractivity contribution in [2.24, 2.45) is 5.92 Å². The van der Waals surface area contributed by atoms with Gasteiger partial charge in [-0.25, -0.2) is 4.90 Å². The number of thiophene rings is 1. The van der Waals surface area contributed by atoms with Crippen LogP contribution in [0.1, 0.15) is 26.8 Å². The summed E-state index contributed by atoms with van der Waals surface area (Å²) in [5.41, 5.74) is -2.39. The van der Waals surface area contributed by atoms with Gasteiger partial charge in [-0.15, -0.1) is 11.3 Å². The van der Waals surface area contributed by atoms with E-state index in [-0.39, 0.29) is 16.4 Å². The summed E-state index contributed by atoms with van der Waals surface area (Å²) in [7, 11) is 0. The molecule has 1 N–H and O–H groups in total. The zero-order valence-corrected chi connectivity index (χ0v) is 24.3. The fraction of sp³-hybridized carbons (Fsp3) is 0.214. The third-order valence-corrected chi connectivity index (χ3v) is 10.7. The van der Waals surface area contributed by atoms with Gasteiger partial charge >= 0.3 is 17.2 Å². The van der Waals surface area contributed by atoms with E-state index in [2.05, 4.69) is 5.32 Å². The highest BCUT2D eigenvalue weighted by molar-refractivity contribution is 8.00. The molecule has 16 heteroatoms. The van der Waals surface area contributed by atoms with Gasteiger partial charge in [0.15, 0.2) is 0 Å². The monoisotopic (exact) mass is 669 g/mol. The molecule has 4 heterocycles. The van der Waals surface area contributed by atoms with Crippen LogP contribution in [0.25, 0.3) is 0 Å². The van der Waals surface area contributed by atoms with Crippen molar-refractivity contribution in [2.45, 2.75) is 35.1 Å². The Morgan fingerprint density at radius 2 is 1.55 bits per heavy atom. The number of halogens is 6. The molecule has 0 radical (unpaired) electrons. The number of fused-ring (bicyclic) bond motifs is 2. The Morgan fingerprint density at radius 3 is 2.20 bits per heavy atom. The van der Waals surface area contributed by atoms with Crippen molar-refractivity contribution >= 4 is 63.5 Å². The number of thioether (sulfide) groups is 1. The van der Waals surface area contributed by atoms with Crippen molar-refractivity contribution in [3.05, 3.63) is 96.6 Å². The van der Waals surface area contributed by atoms with Gasteiger partial charge in [0.25, 0.3) is 0 Å². The van der Waals surface area contributed by atoms with E-state index in [1.165, 1.54) is 23.5 Å². The van der Waals surface area contributed by atoms with Gasteiger partial charge in [-0.05, 0) is 47.8 Å². The number of amides is 3. The number of benzene rings is 2. The minimum absolute atomic E-state index is 0.139. The molecule has 6 rings (SSSR count). The molecule has 228 valence electrons. The predicted molar refractivity (Wildman–Crippen MR) is 152 cm³/mol. The molecule has 0 aliphatic carbocycles. The van der Waals surface area contributed by atoms with E-state index >= 15 is 0 Å². The van der Waals surface area contributed by atoms with Crippen LogP contribution in [0.3, 0.4) is 0 Å². The van der Waals surface area contributed by atoms with E-state index in [4.69, 9.17) is 0 Å². The molecule has 3 amide bonds. The van der Waals surface area contributed by atoms with E-state index in [1.807, 2.05) is 0 Å². The molecular formula is C28H17F6N3O4S3. The molecule has 4 aromatic rings. The van der Waals surface area contributed by atoms with Crippen LogP contribution in [-0.4, -0.2) is 27.5 Å². The summed E-state index contributed by atoms with van der Waals surface area (Å²) in [6.45, 7) is -0.595. The minimum atomic E-state index is -4.71. The maximum absolute atomic E-state index is 13.8. The first-order chi connectivity index (χ1) is 20.7. The van der Waals surface area contributed by atoms with E-state index in [1.54, 1.807) is 17.5 Å². The number of carbonyl (C=O) groups is 3. The number of rotatable bonds is 5. The lowest BCUT2D eigenvalue weighted by atomic mass is 9.87. The summed E-state index contributed by atoms with van der Waals surface area (Å²) in [5.74, 6) is -4.13. The third kappa shape index (κ3) is 5.34. The molecule has 7 nitrogen and oxygen atoms in total. The molecule has 1 saturated heterocycles. The summed E-state index contributed by atoms with van der Waals surface area (Å²) in [6.07, 6.45) is -9.35. The smallest absolute Gasteiger partial charge is 0.325 e. The van der Waals surface area contributed by atoms with Gasteiger partial charge in [0.1, 0.15) is 11.8 Å². The molecule has 2 aromatic heterocycles. The minimum Gasteiger partial charge on any atom is -0.325 e. The van der Waals surface area contributed by atoms with Gasteiger partial charge in [0.2, 0.25) is 17.7 Å². The van der Waals surface area contributed by atoms with Gasteiger partial charge < -0.3 is 5.32 Å². The first kappa shape index (κ1) is 30.1.